The quantitative estimate of drug-likeness (QED) is 0.747. The number of nitrogens with zero attached hydrogens (tertiary/aromatic N) is 1. The average molecular weight is 308 g/mol. The highest BCUT2D eigenvalue weighted by atomic mass is 35.5. The molecule has 0 spiro atoms. The molecule has 0 aliphatic carbocycles. The van der Waals surface area contributed by atoms with Crippen molar-refractivity contribution in [2.75, 3.05) is 0 Å². The van der Waals surface area contributed by atoms with Crippen LogP contribution in [0.1, 0.15) is 33.3 Å². The predicted molar refractivity (Wildman–Crippen MR) is 70.0 cm³/mol. The predicted octanol–water partition coefficient (Wildman–Crippen LogP) is 3.05. The van der Waals surface area contributed by atoms with Gasteiger partial charge in [-0.25, -0.2) is 0 Å². The fourth-order valence-corrected chi connectivity index (χ4v) is 2.01. The summed E-state index contributed by atoms with van der Waals surface area (Å²) in [5.74, 6) is 0. The van der Waals surface area contributed by atoms with Gasteiger partial charge in [-0.2, -0.15) is 13.2 Å². The summed E-state index contributed by atoms with van der Waals surface area (Å²) in [4.78, 5) is 3.76. The molecule has 1 aliphatic rings. The maximum absolute atomic E-state index is 12.6. The summed E-state index contributed by atoms with van der Waals surface area (Å²) in [6.07, 6.45) is -3.83. The first kappa shape index (κ1) is 15.6. The van der Waals surface area contributed by atoms with Gasteiger partial charge in [-0.3, -0.25) is 4.98 Å². The fourth-order valence-electron chi connectivity index (χ4n) is 1.75. The Hall–Kier alpha value is -0.785. The molecule has 0 unspecified atom stereocenters. The monoisotopic (exact) mass is 307 g/mol. The van der Waals surface area contributed by atoms with Gasteiger partial charge in [0.1, 0.15) is 0 Å². The molecule has 0 aromatic carbocycles. The van der Waals surface area contributed by atoms with Crippen molar-refractivity contribution in [3.8, 4) is 0 Å². The Morgan fingerprint density at radius 2 is 1.65 bits per heavy atom. The van der Waals surface area contributed by atoms with Gasteiger partial charge in [0.2, 0.25) is 0 Å². The second kappa shape index (κ2) is 4.61. The Morgan fingerprint density at radius 3 is 2.05 bits per heavy atom. The zero-order valence-corrected chi connectivity index (χ0v) is 12.3. The Bertz CT molecular complexity index is 518. The van der Waals surface area contributed by atoms with E-state index in [1.807, 2.05) is 27.7 Å². The third-order valence-electron chi connectivity index (χ3n) is 3.67. The molecular weight excluding hydrogens is 293 g/mol. The van der Waals surface area contributed by atoms with E-state index in [1.54, 1.807) is 0 Å². The minimum atomic E-state index is -4.53. The van der Waals surface area contributed by atoms with Crippen molar-refractivity contribution in [1.82, 2.24) is 4.98 Å². The van der Waals surface area contributed by atoms with Crippen LogP contribution >= 0.6 is 11.6 Å². The van der Waals surface area contributed by atoms with Gasteiger partial charge in [-0.05, 0) is 33.8 Å². The van der Waals surface area contributed by atoms with E-state index < -0.39 is 35.1 Å². The molecule has 8 heteroatoms. The van der Waals surface area contributed by atoms with Crippen LogP contribution in [0.5, 0.6) is 0 Å². The SMILES string of the molecule is CC1(C)OB(c2cc(Cl)c(C(F)(F)F)cn2)OC1(C)C. The van der Waals surface area contributed by atoms with Crippen LogP contribution in [0.2, 0.25) is 5.02 Å². The van der Waals surface area contributed by atoms with Crippen molar-refractivity contribution in [3.05, 3.63) is 22.8 Å². The summed E-state index contributed by atoms with van der Waals surface area (Å²) < 4.78 is 49.3. The maximum Gasteiger partial charge on any atom is 0.514 e. The second-order valence-corrected chi connectivity index (χ2v) is 6.08. The summed E-state index contributed by atoms with van der Waals surface area (Å²) >= 11 is 5.66. The van der Waals surface area contributed by atoms with E-state index in [-0.39, 0.29) is 5.59 Å². The van der Waals surface area contributed by atoms with Gasteiger partial charge in [-0.1, -0.05) is 11.6 Å². The molecule has 1 aliphatic heterocycles. The molecule has 0 bridgehead atoms. The first-order valence-electron chi connectivity index (χ1n) is 6.02. The minimum absolute atomic E-state index is 0.224. The van der Waals surface area contributed by atoms with Crippen LogP contribution < -0.4 is 5.59 Å². The van der Waals surface area contributed by atoms with Gasteiger partial charge < -0.3 is 9.31 Å². The first-order valence-corrected chi connectivity index (χ1v) is 6.40. The van der Waals surface area contributed by atoms with Crippen LogP contribution in [-0.2, 0) is 15.5 Å². The standard InChI is InChI=1S/C12H14BClF3NO2/c1-10(2)11(3,4)20-13(19-10)9-5-8(14)7(6-18-9)12(15,16)17/h5-6H,1-4H3. The van der Waals surface area contributed by atoms with E-state index in [9.17, 15) is 13.2 Å². The highest BCUT2D eigenvalue weighted by Gasteiger charge is 2.52. The van der Waals surface area contributed by atoms with Gasteiger partial charge in [0.15, 0.2) is 0 Å². The summed E-state index contributed by atoms with van der Waals surface area (Å²) in [6.45, 7) is 7.38. The summed E-state index contributed by atoms with van der Waals surface area (Å²) in [5.41, 5.74) is -1.93. The Labute approximate surface area is 120 Å². The number of alkyl halides is 3. The summed E-state index contributed by atoms with van der Waals surface area (Å²) in [7, 11) is -0.834. The van der Waals surface area contributed by atoms with Crippen LogP contribution in [0.25, 0.3) is 0 Å². The van der Waals surface area contributed by atoms with E-state index in [1.165, 1.54) is 0 Å². The number of pyridine rings is 1. The van der Waals surface area contributed by atoms with Gasteiger partial charge in [0.25, 0.3) is 0 Å². The Kier molecular flexibility index (Phi) is 3.60. The third kappa shape index (κ3) is 2.66. The van der Waals surface area contributed by atoms with Crippen LogP contribution in [-0.4, -0.2) is 23.3 Å². The largest absolute Gasteiger partial charge is 0.514 e. The Balaban J connectivity index is 2.31. The molecule has 0 atom stereocenters. The Morgan fingerprint density at radius 1 is 1.15 bits per heavy atom. The third-order valence-corrected chi connectivity index (χ3v) is 3.99. The van der Waals surface area contributed by atoms with Gasteiger partial charge >= 0.3 is 13.3 Å². The molecule has 20 heavy (non-hydrogen) atoms. The van der Waals surface area contributed by atoms with Crippen molar-refractivity contribution < 1.29 is 22.5 Å². The number of hydrogen-bond donors (Lipinski definition) is 0. The number of hydrogen-bond acceptors (Lipinski definition) is 3. The molecule has 3 nitrogen and oxygen atoms in total. The zero-order chi connectivity index (χ0) is 15.3. The molecule has 1 saturated heterocycles. The van der Waals surface area contributed by atoms with Crippen molar-refractivity contribution in [2.24, 2.45) is 0 Å². The molecule has 110 valence electrons. The second-order valence-electron chi connectivity index (χ2n) is 5.68. The minimum Gasteiger partial charge on any atom is -0.398 e. The van der Waals surface area contributed by atoms with Gasteiger partial charge in [0.05, 0.1) is 27.4 Å². The average Bonchev–Trinajstić information content (AvgIpc) is 2.46. The van der Waals surface area contributed by atoms with Crippen LogP contribution in [0, 0.1) is 0 Å². The van der Waals surface area contributed by atoms with E-state index >= 15 is 0 Å². The molecular formula is C12H14BClF3NO2. The van der Waals surface area contributed by atoms with Crippen molar-refractivity contribution in [2.45, 2.75) is 45.1 Å². The molecule has 1 aromatic heterocycles. The smallest absolute Gasteiger partial charge is 0.398 e. The number of rotatable bonds is 1. The summed E-state index contributed by atoms with van der Waals surface area (Å²) in [6, 6.07) is 1.13. The maximum atomic E-state index is 12.6. The lowest BCUT2D eigenvalue weighted by molar-refractivity contribution is -0.137. The van der Waals surface area contributed by atoms with E-state index in [4.69, 9.17) is 20.9 Å². The van der Waals surface area contributed by atoms with Crippen LogP contribution in [0.3, 0.4) is 0 Å². The molecule has 2 rings (SSSR count). The van der Waals surface area contributed by atoms with E-state index in [0.29, 0.717) is 6.20 Å². The fraction of sp³-hybridized carbons (Fsp3) is 0.583. The van der Waals surface area contributed by atoms with Gasteiger partial charge in [0, 0.05) is 6.20 Å². The van der Waals surface area contributed by atoms with Crippen molar-refractivity contribution >= 4 is 24.3 Å². The summed E-state index contributed by atoms with van der Waals surface area (Å²) in [5, 5.41) is -0.419. The number of aromatic nitrogens is 1. The molecule has 0 amide bonds. The lowest BCUT2D eigenvalue weighted by atomic mass is 9.84. The molecule has 0 saturated carbocycles. The van der Waals surface area contributed by atoms with E-state index in [0.717, 1.165) is 6.07 Å². The molecule has 2 heterocycles. The van der Waals surface area contributed by atoms with Gasteiger partial charge in [-0.15, -0.1) is 0 Å². The highest BCUT2D eigenvalue weighted by Crippen LogP contribution is 2.37. The topological polar surface area (TPSA) is 31.4 Å². The van der Waals surface area contributed by atoms with E-state index in [2.05, 4.69) is 4.98 Å². The molecule has 1 aromatic rings. The highest BCUT2D eigenvalue weighted by molar-refractivity contribution is 6.61. The number of halogens is 4. The normalized spacial score (nSPS) is 21.3. The molecule has 0 N–H and O–H groups in total. The van der Waals surface area contributed by atoms with Crippen molar-refractivity contribution in [1.29, 1.82) is 0 Å². The first-order chi connectivity index (χ1) is 8.94. The lowest BCUT2D eigenvalue weighted by Crippen LogP contribution is -2.41. The van der Waals surface area contributed by atoms with Crippen LogP contribution in [0.4, 0.5) is 13.2 Å². The lowest BCUT2D eigenvalue weighted by Gasteiger charge is -2.32. The van der Waals surface area contributed by atoms with Crippen LogP contribution in [0.15, 0.2) is 12.3 Å². The molecule has 1 fully saturated rings. The van der Waals surface area contributed by atoms with Crippen molar-refractivity contribution in [3.63, 3.8) is 0 Å². The molecule has 0 radical (unpaired) electrons. The zero-order valence-electron chi connectivity index (χ0n) is 11.5.